The monoisotopic (exact) mass is 222 g/mol. The van der Waals surface area contributed by atoms with Crippen molar-refractivity contribution in [2.75, 3.05) is 14.2 Å². The van der Waals surface area contributed by atoms with Crippen molar-refractivity contribution in [2.45, 2.75) is 0 Å². The maximum absolute atomic E-state index is 11.3. The number of hydrogen-bond donors (Lipinski definition) is 1. The SMILES string of the molecule is COC(=O)C(=[NH+]c1ccccc1)C(=O)OC. The van der Waals surface area contributed by atoms with Gasteiger partial charge in [-0.25, -0.2) is 9.59 Å². The number of rotatable bonds is 3. The fourth-order valence-electron chi connectivity index (χ4n) is 1.06. The summed E-state index contributed by atoms with van der Waals surface area (Å²) in [7, 11) is 2.38. The molecule has 0 radical (unpaired) electrons. The first-order valence-corrected chi connectivity index (χ1v) is 4.54. The average Bonchev–Trinajstić information content (AvgIpc) is 2.35. The fourth-order valence-corrected chi connectivity index (χ4v) is 1.06. The van der Waals surface area contributed by atoms with Crippen molar-refractivity contribution in [3.8, 4) is 0 Å². The van der Waals surface area contributed by atoms with Gasteiger partial charge in [0.05, 0.1) is 14.2 Å². The highest BCUT2D eigenvalue weighted by molar-refractivity contribution is 6.60. The van der Waals surface area contributed by atoms with Crippen molar-refractivity contribution in [1.82, 2.24) is 0 Å². The van der Waals surface area contributed by atoms with Gasteiger partial charge in [-0.3, -0.25) is 0 Å². The van der Waals surface area contributed by atoms with Crippen LogP contribution in [0, 0.1) is 0 Å². The molecule has 0 aliphatic carbocycles. The molecule has 0 spiro atoms. The first kappa shape index (κ1) is 11.9. The molecule has 0 bridgehead atoms. The van der Waals surface area contributed by atoms with Crippen LogP contribution in [-0.2, 0) is 19.1 Å². The molecule has 16 heavy (non-hydrogen) atoms. The third-order valence-electron chi connectivity index (χ3n) is 1.82. The lowest BCUT2D eigenvalue weighted by Gasteiger charge is -1.96. The van der Waals surface area contributed by atoms with Gasteiger partial charge in [-0.2, -0.15) is 4.99 Å². The molecule has 0 saturated heterocycles. The molecule has 0 aliphatic heterocycles. The van der Waals surface area contributed by atoms with Crippen molar-refractivity contribution in [3.63, 3.8) is 0 Å². The first-order chi connectivity index (χ1) is 7.69. The maximum Gasteiger partial charge on any atom is 0.411 e. The van der Waals surface area contributed by atoms with Crippen molar-refractivity contribution >= 4 is 23.3 Å². The summed E-state index contributed by atoms with van der Waals surface area (Å²) in [5, 5.41) is 0. The van der Waals surface area contributed by atoms with Crippen LogP contribution in [0.15, 0.2) is 30.3 Å². The fraction of sp³-hybridized carbons (Fsp3) is 0.182. The normalized spacial score (nSPS) is 9.12. The van der Waals surface area contributed by atoms with Gasteiger partial charge in [0.2, 0.25) is 5.69 Å². The molecule has 0 fully saturated rings. The van der Waals surface area contributed by atoms with Gasteiger partial charge in [-0.1, -0.05) is 18.2 Å². The summed E-state index contributed by atoms with van der Waals surface area (Å²) in [5.74, 6) is -1.54. The zero-order valence-electron chi connectivity index (χ0n) is 9.02. The molecule has 0 saturated carbocycles. The Morgan fingerprint density at radius 2 is 1.50 bits per heavy atom. The predicted molar refractivity (Wildman–Crippen MR) is 56.1 cm³/mol. The summed E-state index contributed by atoms with van der Waals surface area (Å²) in [6.07, 6.45) is 0. The van der Waals surface area contributed by atoms with Gasteiger partial charge in [0.25, 0.3) is 0 Å². The molecule has 1 aromatic rings. The van der Waals surface area contributed by atoms with E-state index in [-0.39, 0.29) is 5.71 Å². The van der Waals surface area contributed by atoms with Crippen LogP contribution in [0.3, 0.4) is 0 Å². The number of ether oxygens (including phenoxy) is 2. The Bertz CT molecular complexity index is 393. The van der Waals surface area contributed by atoms with Crippen molar-refractivity contribution < 1.29 is 24.1 Å². The third kappa shape index (κ3) is 2.91. The molecular weight excluding hydrogens is 210 g/mol. The van der Waals surface area contributed by atoms with E-state index in [0.717, 1.165) is 0 Å². The minimum atomic E-state index is -0.768. The van der Waals surface area contributed by atoms with E-state index in [1.807, 2.05) is 6.07 Å². The second-order valence-electron chi connectivity index (χ2n) is 2.85. The van der Waals surface area contributed by atoms with Crippen LogP contribution in [0.25, 0.3) is 0 Å². The molecule has 1 N–H and O–H groups in total. The van der Waals surface area contributed by atoms with Gasteiger partial charge in [-0.15, -0.1) is 0 Å². The van der Waals surface area contributed by atoms with Crippen molar-refractivity contribution in [2.24, 2.45) is 0 Å². The van der Waals surface area contributed by atoms with Gasteiger partial charge < -0.3 is 9.47 Å². The molecule has 5 heteroatoms. The Morgan fingerprint density at radius 1 is 1.00 bits per heavy atom. The summed E-state index contributed by atoms with van der Waals surface area (Å²) in [5.41, 5.74) is 0.351. The molecule has 1 aromatic carbocycles. The van der Waals surface area contributed by atoms with Gasteiger partial charge in [0.15, 0.2) is 0 Å². The van der Waals surface area contributed by atoms with Crippen LogP contribution in [-0.4, -0.2) is 31.9 Å². The zero-order chi connectivity index (χ0) is 12.0. The van der Waals surface area contributed by atoms with Crippen LogP contribution in [0.1, 0.15) is 0 Å². The number of methoxy groups -OCH3 is 2. The van der Waals surface area contributed by atoms with E-state index >= 15 is 0 Å². The minimum absolute atomic E-state index is 0.254. The largest absolute Gasteiger partial charge is 0.461 e. The van der Waals surface area contributed by atoms with Gasteiger partial charge in [0.1, 0.15) is 0 Å². The molecule has 1 rings (SSSR count). The Hall–Kier alpha value is -2.17. The summed E-state index contributed by atoms with van der Waals surface area (Å²) in [4.78, 5) is 25.2. The summed E-state index contributed by atoms with van der Waals surface area (Å²) in [6, 6.07) is 8.79. The number of para-hydroxylation sites is 1. The number of carbonyl (C=O) groups is 2. The van der Waals surface area contributed by atoms with E-state index in [4.69, 9.17) is 0 Å². The van der Waals surface area contributed by atoms with Gasteiger partial charge in [-0.05, 0) is 0 Å². The van der Waals surface area contributed by atoms with E-state index in [9.17, 15) is 9.59 Å². The molecule has 0 amide bonds. The Balaban J connectivity index is 3.06. The standard InChI is InChI=1S/C11H11NO4/c1-15-10(13)9(11(14)16-2)12-8-6-4-3-5-7-8/h3-7H,1-2H3/p+1. The predicted octanol–water partition coefficient (Wildman–Crippen LogP) is -0.814. The average molecular weight is 222 g/mol. The quantitative estimate of drug-likeness (QED) is 0.412. The van der Waals surface area contributed by atoms with Gasteiger partial charge >= 0.3 is 17.7 Å². The summed E-state index contributed by atoms with van der Waals surface area (Å²) >= 11 is 0. The lowest BCUT2D eigenvalue weighted by molar-refractivity contribution is -0.354. The number of benzene rings is 1. The third-order valence-corrected chi connectivity index (χ3v) is 1.82. The molecule has 0 heterocycles. The second kappa shape index (κ2) is 5.65. The lowest BCUT2D eigenvalue weighted by Crippen LogP contribution is -2.71. The van der Waals surface area contributed by atoms with E-state index in [1.54, 1.807) is 24.3 Å². The van der Waals surface area contributed by atoms with Crippen LogP contribution >= 0.6 is 0 Å². The Kier molecular flexibility index (Phi) is 4.20. The molecular formula is C11H12NO4+. The highest BCUT2D eigenvalue weighted by atomic mass is 16.5. The Labute approximate surface area is 92.7 Å². The highest BCUT2D eigenvalue weighted by Crippen LogP contribution is 1.95. The van der Waals surface area contributed by atoms with E-state index in [2.05, 4.69) is 14.5 Å². The van der Waals surface area contributed by atoms with Crippen LogP contribution in [0.4, 0.5) is 5.69 Å². The lowest BCUT2D eigenvalue weighted by atomic mass is 10.3. The first-order valence-electron chi connectivity index (χ1n) is 4.54. The maximum atomic E-state index is 11.3. The number of hydrogen-bond acceptors (Lipinski definition) is 4. The minimum Gasteiger partial charge on any atom is -0.461 e. The van der Waals surface area contributed by atoms with E-state index in [0.29, 0.717) is 5.69 Å². The molecule has 0 aliphatic rings. The smallest absolute Gasteiger partial charge is 0.411 e. The number of carbonyl (C=O) groups excluding carboxylic acids is 2. The highest BCUT2D eigenvalue weighted by Gasteiger charge is 2.29. The topological polar surface area (TPSA) is 66.6 Å². The molecule has 0 atom stereocenters. The molecule has 84 valence electrons. The molecule has 5 nitrogen and oxygen atoms in total. The van der Waals surface area contributed by atoms with Gasteiger partial charge in [0, 0.05) is 12.1 Å². The molecule has 0 aromatic heterocycles. The summed E-state index contributed by atoms with van der Waals surface area (Å²) < 4.78 is 8.94. The van der Waals surface area contributed by atoms with E-state index in [1.165, 1.54) is 14.2 Å². The van der Waals surface area contributed by atoms with Crippen molar-refractivity contribution in [1.29, 1.82) is 0 Å². The van der Waals surface area contributed by atoms with Crippen molar-refractivity contribution in [3.05, 3.63) is 30.3 Å². The summed E-state index contributed by atoms with van der Waals surface area (Å²) in [6.45, 7) is 0. The second-order valence-corrected chi connectivity index (χ2v) is 2.85. The zero-order valence-corrected chi connectivity index (χ0v) is 9.02. The Morgan fingerprint density at radius 3 is 1.94 bits per heavy atom. The number of esters is 2. The van der Waals surface area contributed by atoms with Crippen LogP contribution < -0.4 is 4.99 Å². The van der Waals surface area contributed by atoms with Crippen LogP contribution in [0.2, 0.25) is 0 Å². The van der Waals surface area contributed by atoms with E-state index < -0.39 is 11.9 Å². The van der Waals surface area contributed by atoms with Crippen LogP contribution in [0.5, 0.6) is 0 Å². The molecule has 0 unspecified atom stereocenters. The number of nitrogens with one attached hydrogen (secondary N) is 1.